The first-order chi connectivity index (χ1) is 8.78. The van der Waals surface area contributed by atoms with E-state index in [4.69, 9.17) is 5.11 Å². The molecule has 2 N–H and O–H groups in total. The number of aliphatic hydroxyl groups excluding tert-OH is 1. The smallest absolute Gasteiger partial charge is 0.0640 e. The van der Waals surface area contributed by atoms with Crippen LogP contribution in [0, 0.1) is 0 Å². The van der Waals surface area contributed by atoms with Crippen molar-refractivity contribution in [2.75, 3.05) is 19.4 Å². The van der Waals surface area contributed by atoms with Crippen LogP contribution in [-0.4, -0.2) is 39.0 Å². The predicted molar refractivity (Wildman–Crippen MR) is 75.7 cm³/mol. The topological polar surface area (TPSA) is 50.1 Å². The molecule has 102 valence electrons. The van der Waals surface area contributed by atoms with Crippen LogP contribution in [0.5, 0.6) is 0 Å². The third kappa shape index (κ3) is 3.49. The zero-order valence-corrected chi connectivity index (χ0v) is 11.9. The van der Waals surface area contributed by atoms with Crippen LogP contribution in [0.2, 0.25) is 0 Å². The highest BCUT2D eigenvalue weighted by Crippen LogP contribution is 2.39. The first-order valence-electron chi connectivity index (χ1n) is 6.66. The molecule has 18 heavy (non-hydrogen) atoms. The van der Waals surface area contributed by atoms with E-state index >= 15 is 0 Å². The Bertz CT molecular complexity index is 361. The first-order valence-corrected chi connectivity index (χ1v) is 7.88. The van der Waals surface area contributed by atoms with Gasteiger partial charge >= 0.3 is 0 Å². The second kappa shape index (κ2) is 6.59. The second-order valence-electron chi connectivity index (χ2n) is 5.03. The van der Waals surface area contributed by atoms with Crippen LogP contribution in [0.1, 0.15) is 31.2 Å². The molecule has 0 aliphatic heterocycles. The minimum absolute atomic E-state index is 0.143. The first kappa shape index (κ1) is 13.9. The third-order valence-electron chi connectivity index (χ3n) is 3.74. The van der Waals surface area contributed by atoms with Gasteiger partial charge in [-0.25, -0.2) is 0 Å². The summed E-state index contributed by atoms with van der Waals surface area (Å²) in [5.74, 6) is 0. The standard InChI is InChI=1S/C13H23N3OS/c1-18-13(4-2-3-5-13)11-14-8-12-9-15-16(10-12)6-7-17/h9-10,14,17H,2-8,11H2,1H3. The number of hydrogen-bond acceptors (Lipinski definition) is 4. The van der Waals surface area contributed by atoms with Gasteiger partial charge in [0, 0.05) is 29.6 Å². The number of rotatable bonds is 7. The third-order valence-corrected chi connectivity index (χ3v) is 5.16. The summed E-state index contributed by atoms with van der Waals surface area (Å²) in [4.78, 5) is 0. The lowest BCUT2D eigenvalue weighted by atomic mass is 10.1. The maximum absolute atomic E-state index is 8.84. The molecule has 0 saturated heterocycles. The molecule has 5 heteroatoms. The lowest BCUT2D eigenvalue weighted by Crippen LogP contribution is -2.34. The molecule has 0 radical (unpaired) electrons. The van der Waals surface area contributed by atoms with Crippen molar-refractivity contribution in [3.05, 3.63) is 18.0 Å². The fraction of sp³-hybridized carbons (Fsp3) is 0.769. The van der Waals surface area contributed by atoms with Gasteiger partial charge in [0.1, 0.15) is 0 Å². The molecule has 1 saturated carbocycles. The molecule has 0 unspecified atom stereocenters. The van der Waals surface area contributed by atoms with E-state index in [1.807, 2.05) is 24.2 Å². The van der Waals surface area contributed by atoms with Gasteiger partial charge < -0.3 is 10.4 Å². The van der Waals surface area contributed by atoms with Crippen molar-refractivity contribution in [1.29, 1.82) is 0 Å². The summed E-state index contributed by atoms with van der Waals surface area (Å²) in [6.45, 7) is 2.67. The van der Waals surface area contributed by atoms with Crippen LogP contribution in [0.25, 0.3) is 0 Å². The Morgan fingerprint density at radius 2 is 2.28 bits per heavy atom. The molecule has 4 nitrogen and oxygen atoms in total. The van der Waals surface area contributed by atoms with E-state index < -0.39 is 0 Å². The maximum Gasteiger partial charge on any atom is 0.0640 e. The Kier molecular flexibility index (Phi) is 5.09. The second-order valence-corrected chi connectivity index (χ2v) is 6.31. The zero-order valence-electron chi connectivity index (χ0n) is 11.1. The maximum atomic E-state index is 8.84. The summed E-state index contributed by atoms with van der Waals surface area (Å²) in [7, 11) is 0. The largest absolute Gasteiger partial charge is 0.394 e. The molecule has 1 aromatic heterocycles. The van der Waals surface area contributed by atoms with Crippen molar-refractivity contribution in [2.24, 2.45) is 0 Å². The highest BCUT2D eigenvalue weighted by Gasteiger charge is 2.32. The number of aromatic nitrogens is 2. The van der Waals surface area contributed by atoms with Crippen molar-refractivity contribution in [2.45, 2.75) is 43.5 Å². The molecular formula is C13H23N3OS. The number of nitrogens with zero attached hydrogens (tertiary/aromatic N) is 2. The van der Waals surface area contributed by atoms with Crippen LogP contribution in [0.4, 0.5) is 0 Å². The van der Waals surface area contributed by atoms with E-state index in [0.717, 1.165) is 13.1 Å². The molecule has 1 aliphatic rings. The van der Waals surface area contributed by atoms with Crippen LogP contribution in [-0.2, 0) is 13.1 Å². The van der Waals surface area contributed by atoms with Crippen molar-refractivity contribution in [1.82, 2.24) is 15.1 Å². The van der Waals surface area contributed by atoms with Gasteiger partial charge in [0.2, 0.25) is 0 Å². The number of thioether (sulfide) groups is 1. The normalized spacial score (nSPS) is 18.3. The summed E-state index contributed by atoms with van der Waals surface area (Å²) in [6, 6.07) is 0. The Labute approximate surface area is 113 Å². The van der Waals surface area contributed by atoms with E-state index in [9.17, 15) is 0 Å². The number of aliphatic hydroxyl groups is 1. The van der Waals surface area contributed by atoms with Crippen molar-refractivity contribution in [3.8, 4) is 0 Å². The quantitative estimate of drug-likeness (QED) is 0.790. The van der Waals surface area contributed by atoms with Crippen molar-refractivity contribution in [3.63, 3.8) is 0 Å². The van der Waals surface area contributed by atoms with Gasteiger partial charge in [0.25, 0.3) is 0 Å². The van der Waals surface area contributed by atoms with Gasteiger partial charge in [0.05, 0.1) is 19.3 Å². The van der Waals surface area contributed by atoms with E-state index in [0.29, 0.717) is 11.3 Å². The molecule has 1 aromatic rings. The molecule has 0 bridgehead atoms. The number of hydrogen-bond donors (Lipinski definition) is 2. The average molecular weight is 269 g/mol. The number of nitrogens with one attached hydrogen (secondary N) is 1. The van der Waals surface area contributed by atoms with Crippen LogP contribution in [0.3, 0.4) is 0 Å². The minimum atomic E-state index is 0.143. The Morgan fingerprint density at radius 1 is 1.50 bits per heavy atom. The SMILES string of the molecule is CSC1(CNCc2cnn(CCO)c2)CCCC1. The summed E-state index contributed by atoms with van der Waals surface area (Å²) >= 11 is 2.01. The summed E-state index contributed by atoms with van der Waals surface area (Å²) in [5.41, 5.74) is 1.19. The van der Waals surface area contributed by atoms with Gasteiger partial charge in [-0.2, -0.15) is 16.9 Å². The Morgan fingerprint density at radius 3 is 2.94 bits per heavy atom. The van der Waals surface area contributed by atoms with E-state index in [1.165, 1.54) is 31.2 Å². The fourth-order valence-corrected chi connectivity index (χ4v) is 3.57. The summed E-state index contributed by atoms with van der Waals surface area (Å²) in [6.07, 6.45) is 11.5. The highest BCUT2D eigenvalue weighted by atomic mass is 32.2. The van der Waals surface area contributed by atoms with Gasteiger partial charge in [-0.15, -0.1) is 0 Å². The zero-order chi connectivity index (χ0) is 12.8. The van der Waals surface area contributed by atoms with Crippen molar-refractivity contribution < 1.29 is 5.11 Å². The molecule has 0 amide bonds. The molecule has 0 aromatic carbocycles. The predicted octanol–water partition coefficient (Wildman–Crippen LogP) is 1.64. The minimum Gasteiger partial charge on any atom is -0.394 e. The molecule has 1 fully saturated rings. The lowest BCUT2D eigenvalue weighted by Gasteiger charge is -2.26. The van der Waals surface area contributed by atoms with Crippen LogP contribution in [0.15, 0.2) is 12.4 Å². The van der Waals surface area contributed by atoms with Gasteiger partial charge in [-0.1, -0.05) is 12.8 Å². The van der Waals surface area contributed by atoms with Crippen molar-refractivity contribution >= 4 is 11.8 Å². The molecule has 1 aliphatic carbocycles. The molecule has 1 heterocycles. The van der Waals surface area contributed by atoms with E-state index in [1.54, 1.807) is 4.68 Å². The molecule has 2 rings (SSSR count). The Hall–Kier alpha value is -0.520. The van der Waals surface area contributed by atoms with Crippen LogP contribution >= 0.6 is 11.8 Å². The lowest BCUT2D eigenvalue weighted by molar-refractivity contribution is 0.269. The summed E-state index contributed by atoms with van der Waals surface area (Å²) in [5, 5.41) is 16.6. The van der Waals surface area contributed by atoms with Crippen LogP contribution < -0.4 is 5.32 Å². The summed E-state index contributed by atoms with van der Waals surface area (Å²) < 4.78 is 2.25. The monoisotopic (exact) mass is 269 g/mol. The molecule has 0 atom stereocenters. The average Bonchev–Trinajstić information content (AvgIpc) is 3.00. The Balaban J connectivity index is 1.76. The van der Waals surface area contributed by atoms with Gasteiger partial charge in [0.15, 0.2) is 0 Å². The van der Waals surface area contributed by atoms with E-state index in [2.05, 4.69) is 16.7 Å². The van der Waals surface area contributed by atoms with E-state index in [-0.39, 0.29) is 6.61 Å². The molecular weight excluding hydrogens is 246 g/mol. The van der Waals surface area contributed by atoms with Gasteiger partial charge in [-0.3, -0.25) is 4.68 Å². The fourth-order valence-electron chi connectivity index (χ4n) is 2.63. The highest BCUT2D eigenvalue weighted by molar-refractivity contribution is 8.00. The molecule has 0 spiro atoms. The van der Waals surface area contributed by atoms with Gasteiger partial charge in [-0.05, 0) is 19.1 Å².